The maximum absolute atomic E-state index is 14.7. The van der Waals surface area contributed by atoms with Gasteiger partial charge in [0.1, 0.15) is 19.6 Å². The minimum atomic E-state index is -4.83. The molecule has 0 spiro atoms. The number of halogens is 9. The average molecular weight is 1870 g/mol. The Bertz CT molecular complexity index is 5290. The zero-order valence-electron chi connectivity index (χ0n) is 74.2. The van der Waals surface area contributed by atoms with Crippen molar-refractivity contribution >= 4 is 88.5 Å². The number of nitrogens with one attached hydrogen (secondary N) is 6. The van der Waals surface area contributed by atoms with Gasteiger partial charge in [-0.3, -0.25) is 43.5 Å². The van der Waals surface area contributed by atoms with Crippen LogP contribution in [0.2, 0.25) is 0 Å². The van der Waals surface area contributed by atoms with Crippen LogP contribution >= 0.6 is 0 Å². The fraction of sp³-hybridized carbons (Fsp3) is 0.344. The van der Waals surface area contributed by atoms with Crippen LogP contribution in [-0.2, 0) is 61.5 Å². The lowest BCUT2D eigenvalue weighted by Gasteiger charge is -2.42. The maximum atomic E-state index is 14.7. The number of carbonyl (C=O) groups is 12. The van der Waals surface area contributed by atoms with E-state index in [4.69, 9.17) is 14.2 Å². The molecule has 3 aliphatic rings. The molecule has 7 aromatic rings. The van der Waals surface area contributed by atoms with Gasteiger partial charge in [0.2, 0.25) is 17.7 Å². The summed E-state index contributed by atoms with van der Waals surface area (Å²) < 4.78 is 143. The molecule has 0 aromatic heterocycles. The number of nitriles is 3. The molecule has 0 bridgehead atoms. The number of carbonyl (C=O) groups excluding carboxylic acids is 12. The number of hydrogen-bond donors (Lipinski definition) is 6. The smallest absolute Gasteiger partial charge is 0.416 e. The van der Waals surface area contributed by atoms with E-state index >= 15 is 0 Å². The van der Waals surface area contributed by atoms with Crippen molar-refractivity contribution in [3.8, 4) is 18.2 Å². The van der Waals surface area contributed by atoms with Gasteiger partial charge in [-0.15, -0.1) is 0 Å². The Labute approximate surface area is 770 Å². The third-order valence-corrected chi connectivity index (χ3v) is 22.1. The predicted octanol–water partition coefficient (Wildman–Crippen LogP) is 15.0. The fourth-order valence-corrected chi connectivity index (χ4v) is 15.6. The van der Waals surface area contributed by atoms with E-state index in [2.05, 4.69) is 31.9 Å². The normalized spacial score (nSPS) is 15.3. The van der Waals surface area contributed by atoms with Crippen LogP contribution in [0, 0.1) is 34.0 Å². The molecule has 30 nitrogen and oxygen atoms in total. The van der Waals surface area contributed by atoms with E-state index in [-0.39, 0.29) is 179 Å². The van der Waals surface area contributed by atoms with Gasteiger partial charge in [-0.25, -0.2) is 28.8 Å². The highest BCUT2D eigenvalue weighted by Crippen LogP contribution is 2.46. The summed E-state index contributed by atoms with van der Waals surface area (Å²) in [7, 11) is 0. The van der Waals surface area contributed by atoms with Crippen LogP contribution in [0.3, 0.4) is 0 Å². The van der Waals surface area contributed by atoms with Crippen molar-refractivity contribution in [2.75, 3.05) is 93.4 Å². The average Bonchev–Trinajstić information content (AvgIpc) is 0.751. The molecule has 7 aromatic carbocycles. The first-order valence-electron chi connectivity index (χ1n) is 43.2. The first kappa shape index (κ1) is 102. The number of anilines is 3. The van der Waals surface area contributed by atoms with Crippen molar-refractivity contribution in [1.29, 1.82) is 15.8 Å². The van der Waals surface area contributed by atoms with E-state index in [9.17, 15) is 113 Å². The number of urea groups is 3. The number of benzene rings is 7. The molecule has 0 saturated carbocycles. The van der Waals surface area contributed by atoms with Gasteiger partial charge < -0.3 is 60.8 Å². The van der Waals surface area contributed by atoms with Crippen molar-refractivity contribution in [2.45, 2.75) is 136 Å². The van der Waals surface area contributed by atoms with Crippen molar-refractivity contribution in [2.24, 2.45) is 0 Å². The van der Waals surface area contributed by atoms with Gasteiger partial charge >= 0.3 is 54.5 Å². The highest BCUT2D eigenvalue weighted by molar-refractivity contribution is 6.08. The molecule has 0 aliphatic carbocycles. The molecule has 6 N–H and O–H groups in total. The Kier molecular flexibility index (Phi) is 34.8. The van der Waals surface area contributed by atoms with E-state index in [1.165, 1.54) is 151 Å². The van der Waals surface area contributed by atoms with Crippen LogP contribution in [0.15, 0.2) is 198 Å². The van der Waals surface area contributed by atoms with Gasteiger partial charge in [0, 0.05) is 73.1 Å². The second-order valence-corrected chi connectivity index (χ2v) is 31.2. The van der Waals surface area contributed by atoms with E-state index < -0.39 is 144 Å². The summed E-state index contributed by atoms with van der Waals surface area (Å²) in [5.74, 6) is -7.16. The Morgan fingerprint density at radius 2 is 0.563 bits per heavy atom. The third-order valence-electron chi connectivity index (χ3n) is 22.1. The molecule has 3 unspecified atom stereocenters. The molecular weight excluding hydrogens is 1770 g/mol. The minimum Gasteiger partial charge on any atom is -0.463 e. The Hall–Kier alpha value is -15.4. The second kappa shape index (κ2) is 46.1. The molecule has 39 heteroatoms. The topological polar surface area (TPSA) is 396 Å². The number of unbranched alkanes of at least 4 members (excludes halogenated alkanes) is 6. The largest absolute Gasteiger partial charge is 0.463 e. The summed E-state index contributed by atoms with van der Waals surface area (Å²) >= 11 is 0. The van der Waals surface area contributed by atoms with E-state index in [1.54, 1.807) is 0 Å². The SMILES string of the molecule is CCOC(=O)C1=C(C)N(c2cccc(C(F)(F)F)c2)C(=O)N(CC(=O)NCCCCCNC(=O)c2cc(C(=O)NCCCCCNC(=O)CN3C(=O)N(c4cccc(C(F)(F)F)c4)C(C)=C(C(=O)OCC)C3c3ccc(C#N)cc3)cc(C(=O)NCCCCCNC(=O)CN3C(=O)N(c4cccc(C(F)(F)F)c4)C(C)=C(C(=O)OCC)C3c3ccc(C#N)cc3)c2)C1c1ccc(C#N)cc1. The monoisotopic (exact) mass is 1870 g/mol. The van der Waals surface area contributed by atoms with Gasteiger partial charge in [-0.05, 0) is 225 Å². The molecule has 3 heterocycles. The molecule has 0 radical (unpaired) electrons. The van der Waals surface area contributed by atoms with Crippen molar-refractivity contribution in [3.05, 3.63) is 264 Å². The number of rotatable bonds is 39. The summed E-state index contributed by atoms with van der Waals surface area (Å²) in [6.07, 6.45) is -11.7. The molecule has 708 valence electrons. The molecule has 0 fully saturated rings. The third kappa shape index (κ3) is 25.5. The minimum absolute atomic E-state index is 0.00305. The van der Waals surface area contributed by atoms with Gasteiger partial charge in [0.25, 0.3) is 17.7 Å². The summed E-state index contributed by atoms with van der Waals surface area (Å²) in [5, 5.41) is 45.3. The van der Waals surface area contributed by atoms with Gasteiger partial charge in [-0.2, -0.15) is 55.3 Å². The van der Waals surface area contributed by atoms with Crippen LogP contribution < -0.4 is 46.6 Å². The quantitative estimate of drug-likeness (QED) is 0.00902. The van der Waals surface area contributed by atoms with Gasteiger partial charge in [0.15, 0.2) is 0 Å². The maximum Gasteiger partial charge on any atom is 0.416 e. The summed E-state index contributed by atoms with van der Waals surface area (Å²) in [5.41, 5.74) is -3.78. The van der Waals surface area contributed by atoms with Crippen LogP contribution in [0.5, 0.6) is 0 Å². The molecular formula is C96H96F9N15O15. The fourth-order valence-electron chi connectivity index (χ4n) is 15.6. The van der Waals surface area contributed by atoms with Crippen molar-refractivity contribution < 1.29 is 111 Å². The van der Waals surface area contributed by atoms with Gasteiger partial charge in [0.05, 0.1) is 123 Å². The van der Waals surface area contributed by atoms with E-state index in [1.807, 2.05) is 18.2 Å². The van der Waals surface area contributed by atoms with Crippen molar-refractivity contribution in [3.63, 3.8) is 0 Å². The number of esters is 3. The van der Waals surface area contributed by atoms with E-state index in [0.717, 1.165) is 84.0 Å². The lowest BCUT2D eigenvalue weighted by molar-refractivity contribution is -0.140. The number of nitrogens with zero attached hydrogens (tertiary/aromatic N) is 9. The summed E-state index contributed by atoms with van der Waals surface area (Å²) in [6.45, 7) is 6.10. The van der Waals surface area contributed by atoms with Crippen LogP contribution in [0.25, 0.3) is 0 Å². The summed E-state index contributed by atoms with van der Waals surface area (Å²) in [6, 6.07) is 31.7. The van der Waals surface area contributed by atoms with Gasteiger partial charge in [-0.1, -0.05) is 54.6 Å². The Balaban J connectivity index is 0.784. The Morgan fingerprint density at radius 1 is 0.333 bits per heavy atom. The predicted molar refractivity (Wildman–Crippen MR) is 472 cm³/mol. The molecule has 3 aliphatic heterocycles. The molecule has 0 saturated heterocycles. The highest BCUT2D eigenvalue weighted by Gasteiger charge is 2.49. The Morgan fingerprint density at radius 3 is 0.778 bits per heavy atom. The lowest BCUT2D eigenvalue weighted by Crippen LogP contribution is -2.53. The number of hydrogen-bond acceptors (Lipinski definition) is 18. The highest BCUT2D eigenvalue weighted by atomic mass is 19.4. The molecule has 12 amide bonds. The number of alkyl halides is 9. The standard InChI is InChI=1S/C96H96F9N15O15/c1-7-133-88(127)79-58(4)118(73-25-19-22-70(49-73)94(97,98)99)91(130)115(82(79)64-34-28-61(52-106)29-35-64)55-76(121)109-40-13-10-16-43-112-85(124)67-46-68(86(125)113-44-17-11-14-41-110-77(122)56-116-83(65-36-30-62(53-107)31-37-65)80(89(128)134-8-2)59(5)119(92(116)131)74-26-20-23-71(50-74)95(100,101)102)48-69(47-67)87(126)114-45-18-12-15-42-111-78(123)57-117-84(66-38-32-63(54-108)33-39-66)81(90(129)135-9-3)60(6)120(93(117)132)75-27-21-24-72(51-75)96(103,104)105/h19-39,46-51,82-84H,7-18,40-45,55-57H2,1-6H3,(H,109,121)(H,110,122)(H,111,123)(H,112,124)(H,113,125)(H,114,126). The van der Waals surface area contributed by atoms with Crippen molar-refractivity contribution in [1.82, 2.24) is 46.6 Å². The van der Waals surface area contributed by atoms with E-state index in [0.29, 0.717) is 38.5 Å². The summed E-state index contributed by atoms with van der Waals surface area (Å²) in [4.78, 5) is 176. The second-order valence-electron chi connectivity index (χ2n) is 31.2. The first-order chi connectivity index (χ1) is 64.4. The molecule has 10 rings (SSSR count). The van der Waals surface area contributed by atoms with Crippen LogP contribution in [0.4, 0.5) is 71.0 Å². The first-order valence-corrected chi connectivity index (χ1v) is 43.2. The number of amides is 12. The molecule has 135 heavy (non-hydrogen) atoms. The zero-order chi connectivity index (χ0) is 98.2. The lowest BCUT2D eigenvalue weighted by atomic mass is 9.92. The number of allylic oxidation sites excluding steroid dienone is 3. The zero-order valence-corrected chi connectivity index (χ0v) is 74.2. The molecule has 3 atom stereocenters. The van der Waals surface area contributed by atoms with Crippen LogP contribution in [-0.4, -0.2) is 165 Å². The van der Waals surface area contributed by atoms with Crippen LogP contribution in [0.1, 0.15) is 199 Å². The number of ether oxygens (including phenoxy) is 3.